The van der Waals surface area contributed by atoms with E-state index in [-0.39, 0.29) is 0 Å². The summed E-state index contributed by atoms with van der Waals surface area (Å²) >= 11 is 0. The van der Waals surface area contributed by atoms with E-state index in [9.17, 15) is 0 Å². The van der Waals surface area contributed by atoms with E-state index in [1.165, 1.54) is 25.7 Å². The average Bonchev–Trinajstić information content (AvgIpc) is 2.50. The first kappa shape index (κ1) is 11.9. The summed E-state index contributed by atoms with van der Waals surface area (Å²) in [5.74, 6) is 2.08. The molecule has 2 atom stereocenters. The number of hydrogen-bond donors (Lipinski definition) is 1. The van der Waals surface area contributed by atoms with Gasteiger partial charge in [0.15, 0.2) is 0 Å². The zero-order valence-electron chi connectivity index (χ0n) is 10.8. The molecule has 0 aromatic carbocycles. The van der Waals surface area contributed by atoms with Crippen molar-refractivity contribution in [1.82, 2.24) is 4.90 Å². The summed E-state index contributed by atoms with van der Waals surface area (Å²) in [5.41, 5.74) is 6.13. The summed E-state index contributed by atoms with van der Waals surface area (Å²) < 4.78 is 0. The molecular formula is C13H25N3. The molecule has 2 saturated heterocycles. The van der Waals surface area contributed by atoms with E-state index >= 15 is 0 Å². The van der Waals surface area contributed by atoms with Crippen LogP contribution in [0.5, 0.6) is 0 Å². The lowest BCUT2D eigenvalue weighted by atomic mass is 9.90. The van der Waals surface area contributed by atoms with Gasteiger partial charge in [0.25, 0.3) is 0 Å². The Hall–Kier alpha value is -0.570. The standard InChI is InChI=1S/C13H25N3/c1-9(2)8-15-13(14)10-6-11-4-5-12(7-10)16(11)3/h9-12H,4-8H2,1-3H3,(H2,14,15). The summed E-state index contributed by atoms with van der Waals surface area (Å²) in [4.78, 5) is 7.09. The minimum absolute atomic E-state index is 0.549. The molecule has 2 rings (SSSR count). The summed E-state index contributed by atoms with van der Waals surface area (Å²) in [6.07, 6.45) is 5.16. The van der Waals surface area contributed by atoms with Crippen molar-refractivity contribution in [3.8, 4) is 0 Å². The fourth-order valence-electron chi connectivity index (χ4n) is 3.07. The first-order chi connectivity index (χ1) is 7.58. The van der Waals surface area contributed by atoms with Crippen molar-refractivity contribution in [2.75, 3.05) is 13.6 Å². The Morgan fingerprint density at radius 2 is 1.88 bits per heavy atom. The quantitative estimate of drug-likeness (QED) is 0.586. The van der Waals surface area contributed by atoms with Crippen LogP contribution in [0.15, 0.2) is 4.99 Å². The molecule has 0 aromatic rings. The van der Waals surface area contributed by atoms with Crippen molar-refractivity contribution in [3.63, 3.8) is 0 Å². The van der Waals surface area contributed by atoms with E-state index in [1.54, 1.807) is 0 Å². The molecule has 2 aliphatic heterocycles. The number of fused-ring (bicyclic) bond motifs is 2. The van der Waals surface area contributed by atoms with Crippen molar-refractivity contribution in [2.24, 2.45) is 22.6 Å². The van der Waals surface area contributed by atoms with Crippen LogP contribution in [-0.4, -0.2) is 36.4 Å². The second kappa shape index (κ2) is 4.74. The normalized spacial score (nSPS) is 36.0. The summed E-state index contributed by atoms with van der Waals surface area (Å²) in [6, 6.07) is 1.52. The van der Waals surface area contributed by atoms with E-state index < -0.39 is 0 Å². The molecule has 2 heterocycles. The highest BCUT2D eigenvalue weighted by Gasteiger charge is 2.39. The second-order valence-corrected chi connectivity index (χ2v) is 5.88. The Morgan fingerprint density at radius 1 is 1.31 bits per heavy atom. The highest BCUT2D eigenvalue weighted by Crippen LogP contribution is 2.37. The smallest absolute Gasteiger partial charge is 0.0969 e. The van der Waals surface area contributed by atoms with Crippen LogP contribution in [0.25, 0.3) is 0 Å². The van der Waals surface area contributed by atoms with Crippen LogP contribution >= 0.6 is 0 Å². The van der Waals surface area contributed by atoms with E-state index in [0.29, 0.717) is 11.8 Å². The first-order valence-corrected chi connectivity index (χ1v) is 6.59. The zero-order valence-corrected chi connectivity index (χ0v) is 10.8. The highest BCUT2D eigenvalue weighted by molar-refractivity contribution is 5.83. The molecule has 0 spiro atoms. The first-order valence-electron chi connectivity index (χ1n) is 6.59. The highest BCUT2D eigenvalue weighted by atomic mass is 15.2. The maximum Gasteiger partial charge on any atom is 0.0969 e. The lowest BCUT2D eigenvalue weighted by Crippen LogP contribution is -2.43. The van der Waals surface area contributed by atoms with E-state index in [2.05, 4.69) is 30.8 Å². The number of aliphatic imine (C=N–C) groups is 1. The van der Waals surface area contributed by atoms with Crippen molar-refractivity contribution in [1.29, 1.82) is 0 Å². The van der Waals surface area contributed by atoms with Crippen LogP contribution < -0.4 is 5.73 Å². The fraction of sp³-hybridized carbons (Fsp3) is 0.923. The number of rotatable bonds is 3. The summed E-state index contributed by atoms with van der Waals surface area (Å²) in [6.45, 7) is 5.26. The van der Waals surface area contributed by atoms with Crippen molar-refractivity contribution in [2.45, 2.75) is 51.6 Å². The minimum Gasteiger partial charge on any atom is -0.387 e. The summed E-state index contributed by atoms with van der Waals surface area (Å²) in [5, 5.41) is 0. The molecule has 3 nitrogen and oxygen atoms in total. The molecule has 0 radical (unpaired) electrons. The van der Waals surface area contributed by atoms with Crippen LogP contribution in [0.3, 0.4) is 0 Å². The molecule has 0 aromatic heterocycles. The Labute approximate surface area is 99.1 Å². The maximum absolute atomic E-state index is 6.13. The van der Waals surface area contributed by atoms with Crippen LogP contribution in [0.1, 0.15) is 39.5 Å². The van der Waals surface area contributed by atoms with E-state index in [4.69, 9.17) is 5.73 Å². The van der Waals surface area contributed by atoms with Gasteiger partial charge in [-0.25, -0.2) is 0 Å². The SMILES string of the molecule is CC(C)CN=C(N)C1CC2CCC(C1)N2C. The number of piperidine rings is 1. The monoisotopic (exact) mass is 223 g/mol. The van der Waals surface area contributed by atoms with Crippen LogP contribution in [0.2, 0.25) is 0 Å². The number of hydrogen-bond acceptors (Lipinski definition) is 2. The third kappa shape index (κ3) is 2.40. The van der Waals surface area contributed by atoms with Crippen molar-refractivity contribution < 1.29 is 0 Å². The molecule has 2 bridgehead atoms. The van der Waals surface area contributed by atoms with Crippen molar-refractivity contribution >= 4 is 5.84 Å². The molecule has 2 unspecified atom stereocenters. The lowest BCUT2D eigenvalue weighted by molar-refractivity contribution is 0.158. The average molecular weight is 223 g/mol. The molecule has 3 heteroatoms. The van der Waals surface area contributed by atoms with Gasteiger partial charge in [0.05, 0.1) is 5.84 Å². The van der Waals surface area contributed by atoms with E-state index in [1.807, 2.05) is 0 Å². The van der Waals surface area contributed by atoms with Crippen LogP contribution in [0, 0.1) is 11.8 Å². The third-order valence-electron chi connectivity index (χ3n) is 4.16. The predicted octanol–water partition coefficient (Wildman–Crippen LogP) is 1.87. The van der Waals surface area contributed by atoms with Gasteiger partial charge in [-0.2, -0.15) is 0 Å². The molecule has 16 heavy (non-hydrogen) atoms. The molecule has 92 valence electrons. The van der Waals surface area contributed by atoms with E-state index in [0.717, 1.165) is 24.5 Å². The molecule has 2 N–H and O–H groups in total. The number of nitrogens with two attached hydrogens (primary N) is 1. The van der Waals surface area contributed by atoms with Crippen molar-refractivity contribution in [3.05, 3.63) is 0 Å². The molecule has 0 aliphatic carbocycles. The number of amidine groups is 1. The lowest BCUT2D eigenvalue weighted by Gasteiger charge is -2.36. The summed E-state index contributed by atoms with van der Waals surface area (Å²) in [7, 11) is 2.26. The Balaban J connectivity index is 1.94. The molecule has 2 aliphatic rings. The zero-order chi connectivity index (χ0) is 11.7. The van der Waals surface area contributed by atoms with Gasteiger partial charge in [-0.3, -0.25) is 4.99 Å². The molecule has 0 saturated carbocycles. The van der Waals surface area contributed by atoms with Gasteiger partial charge < -0.3 is 10.6 Å². The van der Waals surface area contributed by atoms with Gasteiger partial charge in [-0.1, -0.05) is 13.8 Å². The minimum atomic E-state index is 0.549. The Kier molecular flexibility index (Phi) is 3.53. The van der Waals surface area contributed by atoms with Gasteiger partial charge in [-0.05, 0) is 38.6 Å². The van der Waals surface area contributed by atoms with Gasteiger partial charge >= 0.3 is 0 Å². The van der Waals surface area contributed by atoms with Gasteiger partial charge in [0.2, 0.25) is 0 Å². The fourth-order valence-corrected chi connectivity index (χ4v) is 3.07. The molecule has 0 amide bonds. The molecule has 2 fully saturated rings. The van der Waals surface area contributed by atoms with Crippen LogP contribution in [0.4, 0.5) is 0 Å². The predicted molar refractivity (Wildman–Crippen MR) is 68.6 cm³/mol. The van der Waals surface area contributed by atoms with Crippen LogP contribution in [-0.2, 0) is 0 Å². The van der Waals surface area contributed by atoms with Gasteiger partial charge in [-0.15, -0.1) is 0 Å². The molecular weight excluding hydrogens is 198 g/mol. The Morgan fingerprint density at radius 3 is 2.38 bits per heavy atom. The van der Waals surface area contributed by atoms with Gasteiger partial charge in [0, 0.05) is 24.5 Å². The second-order valence-electron chi connectivity index (χ2n) is 5.88. The van der Waals surface area contributed by atoms with Gasteiger partial charge in [0.1, 0.15) is 0 Å². The number of nitrogens with zero attached hydrogens (tertiary/aromatic N) is 2. The topological polar surface area (TPSA) is 41.6 Å². The maximum atomic E-state index is 6.13. The largest absolute Gasteiger partial charge is 0.387 e. The Bertz CT molecular complexity index is 258. The third-order valence-corrected chi connectivity index (χ3v) is 4.16.